The van der Waals surface area contributed by atoms with Crippen LogP contribution < -0.4 is 21.7 Å². The second kappa shape index (κ2) is 13.6. The van der Waals surface area contributed by atoms with Crippen LogP contribution in [0, 0.1) is 5.82 Å². The first-order valence-electron chi connectivity index (χ1n) is 14.2. The second-order valence-electron chi connectivity index (χ2n) is 10.5. The summed E-state index contributed by atoms with van der Waals surface area (Å²) in [5, 5.41) is 10.2. The van der Waals surface area contributed by atoms with Crippen molar-refractivity contribution >= 4 is 51.1 Å². The summed E-state index contributed by atoms with van der Waals surface area (Å²) in [6, 6.07) is 22.9. The Balaban J connectivity index is 1.34. The molecule has 1 aromatic heterocycles. The predicted molar refractivity (Wildman–Crippen MR) is 166 cm³/mol. The molecule has 2 atom stereocenters. The van der Waals surface area contributed by atoms with Crippen molar-refractivity contribution < 1.29 is 28.4 Å². The maximum atomic E-state index is 13.6. The molecule has 6 N–H and O–H groups in total. The van der Waals surface area contributed by atoms with Crippen LogP contribution in [-0.4, -0.2) is 46.5 Å². The van der Waals surface area contributed by atoms with Crippen molar-refractivity contribution in [3.05, 3.63) is 120 Å². The van der Waals surface area contributed by atoms with Gasteiger partial charge in [-0.1, -0.05) is 72.8 Å². The molecule has 228 valence electrons. The second-order valence-corrected chi connectivity index (χ2v) is 10.5. The molecule has 0 saturated carbocycles. The number of H-pyrrole nitrogens is 1. The number of nitrogens with two attached hydrogens (primary N) is 1. The summed E-state index contributed by atoms with van der Waals surface area (Å²) in [6.07, 6.45) is 0.729. The van der Waals surface area contributed by atoms with Crippen molar-refractivity contribution in [2.75, 3.05) is 0 Å². The van der Waals surface area contributed by atoms with Crippen LogP contribution in [0.1, 0.15) is 27.9 Å². The van der Waals surface area contributed by atoms with E-state index in [-0.39, 0.29) is 18.5 Å². The monoisotopic (exact) mass is 607 g/mol. The van der Waals surface area contributed by atoms with E-state index in [1.165, 1.54) is 30.5 Å². The van der Waals surface area contributed by atoms with Gasteiger partial charge in [-0.25, -0.2) is 4.39 Å². The van der Waals surface area contributed by atoms with Crippen LogP contribution in [-0.2, 0) is 32.1 Å². The number of aromatic amines is 1. The van der Waals surface area contributed by atoms with Crippen LogP contribution in [0.4, 0.5) is 4.39 Å². The van der Waals surface area contributed by atoms with Crippen LogP contribution in [0.2, 0.25) is 0 Å². The molecular weight excluding hydrogens is 577 g/mol. The number of halogens is 1. The number of ketones is 1. The van der Waals surface area contributed by atoms with Gasteiger partial charge in [-0.15, -0.1) is 0 Å². The van der Waals surface area contributed by atoms with Gasteiger partial charge in [0.25, 0.3) is 11.7 Å². The van der Waals surface area contributed by atoms with Crippen LogP contribution in [0.5, 0.6) is 0 Å². The third kappa shape index (κ3) is 7.39. The van der Waals surface area contributed by atoms with Gasteiger partial charge in [-0.05, 0) is 40.1 Å². The number of benzene rings is 4. The number of amides is 4. The van der Waals surface area contributed by atoms with Gasteiger partial charge in [0.1, 0.15) is 17.9 Å². The highest BCUT2D eigenvalue weighted by Crippen LogP contribution is 2.19. The Labute approximate surface area is 257 Å². The molecule has 1 heterocycles. The first-order valence-corrected chi connectivity index (χ1v) is 14.2. The fourth-order valence-electron chi connectivity index (χ4n) is 5.11. The summed E-state index contributed by atoms with van der Waals surface area (Å²) in [5.74, 6) is -4.89. The average Bonchev–Trinajstić information content (AvgIpc) is 3.47. The summed E-state index contributed by atoms with van der Waals surface area (Å²) < 4.78 is 13.6. The lowest BCUT2D eigenvalue weighted by Gasteiger charge is -2.23. The van der Waals surface area contributed by atoms with E-state index in [2.05, 4.69) is 20.9 Å². The maximum Gasteiger partial charge on any atom is 0.293 e. The lowest BCUT2D eigenvalue weighted by atomic mass is 10.0. The topological polar surface area (TPSA) is 163 Å². The standard InChI is InChI=1S/C34H30FN5O5/c35-23-14-12-20(13-15-23)16-28(32(43)38-18-22-8-5-7-21-6-1-2-9-24(21)22)39-33(44)29(17-30(36)41)40-34(45)31(42)26-19-37-27-11-4-3-10-25(26)27/h1-15,19,28-29,37H,16-18H2,(H2,36,41)(H,38,43)(H,39,44)(H,40,45). The maximum absolute atomic E-state index is 13.6. The molecule has 11 heteroatoms. The van der Waals surface area contributed by atoms with Crippen molar-refractivity contribution in [3.63, 3.8) is 0 Å². The van der Waals surface area contributed by atoms with E-state index >= 15 is 0 Å². The van der Waals surface area contributed by atoms with E-state index < -0.39 is 53.7 Å². The van der Waals surface area contributed by atoms with Gasteiger partial charge in [-0.3, -0.25) is 24.0 Å². The van der Waals surface area contributed by atoms with E-state index in [9.17, 15) is 28.4 Å². The van der Waals surface area contributed by atoms with Crippen LogP contribution in [0.25, 0.3) is 21.7 Å². The normalized spacial score (nSPS) is 12.3. The fourth-order valence-corrected chi connectivity index (χ4v) is 5.11. The highest BCUT2D eigenvalue weighted by molar-refractivity contribution is 6.45. The number of primary amides is 1. The Bertz CT molecular complexity index is 1900. The third-order valence-corrected chi connectivity index (χ3v) is 7.39. The Morgan fingerprint density at radius 2 is 1.44 bits per heavy atom. The fraction of sp³-hybridized carbons (Fsp3) is 0.147. The van der Waals surface area contributed by atoms with Gasteiger partial charge >= 0.3 is 0 Å². The number of hydrogen-bond acceptors (Lipinski definition) is 5. The van der Waals surface area contributed by atoms with Crippen molar-refractivity contribution in [2.45, 2.75) is 31.5 Å². The first kappa shape index (κ1) is 30.6. The average molecular weight is 608 g/mol. The van der Waals surface area contributed by atoms with Crippen molar-refractivity contribution in [2.24, 2.45) is 5.73 Å². The van der Waals surface area contributed by atoms with Crippen molar-refractivity contribution in [1.29, 1.82) is 0 Å². The highest BCUT2D eigenvalue weighted by Gasteiger charge is 2.31. The molecule has 5 rings (SSSR count). The molecular formula is C34H30FN5O5. The lowest BCUT2D eigenvalue weighted by Crippen LogP contribution is -2.56. The number of Topliss-reactive ketones (excluding diaryl/α,β-unsaturated/α-hetero) is 1. The molecule has 45 heavy (non-hydrogen) atoms. The summed E-state index contributed by atoms with van der Waals surface area (Å²) in [5.41, 5.74) is 7.48. The molecule has 0 spiro atoms. The minimum atomic E-state index is -1.55. The Morgan fingerprint density at radius 3 is 2.20 bits per heavy atom. The smallest absolute Gasteiger partial charge is 0.293 e. The molecule has 4 amide bonds. The molecule has 0 aliphatic carbocycles. The lowest BCUT2D eigenvalue weighted by molar-refractivity contribution is -0.132. The zero-order valence-electron chi connectivity index (χ0n) is 24.0. The first-order chi connectivity index (χ1) is 21.7. The molecule has 0 bridgehead atoms. The summed E-state index contributed by atoms with van der Waals surface area (Å²) in [7, 11) is 0. The van der Waals surface area contributed by atoms with Crippen molar-refractivity contribution in [3.8, 4) is 0 Å². The van der Waals surface area contributed by atoms with Crippen LogP contribution in [0.3, 0.4) is 0 Å². The molecule has 10 nitrogen and oxygen atoms in total. The molecule has 4 aromatic carbocycles. The predicted octanol–water partition coefficient (Wildman–Crippen LogP) is 3.05. The zero-order valence-corrected chi connectivity index (χ0v) is 24.0. The van der Waals surface area contributed by atoms with Gasteiger partial charge in [0.2, 0.25) is 17.7 Å². The van der Waals surface area contributed by atoms with Gasteiger partial charge in [-0.2, -0.15) is 0 Å². The van der Waals surface area contributed by atoms with E-state index in [0.717, 1.165) is 16.3 Å². The van der Waals surface area contributed by atoms with E-state index in [0.29, 0.717) is 16.5 Å². The zero-order chi connectivity index (χ0) is 31.9. The van der Waals surface area contributed by atoms with E-state index in [4.69, 9.17) is 5.73 Å². The number of para-hydroxylation sites is 1. The minimum absolute atomic E-state index is 0.0289. The Morgan fingerprint density at radius 1 is 0.756 bits per heavy atom. The number of hydrogen-bond donors (Lipinski definition) is 5. The number of nitrogens with one attached hydrogen (secondary N) is 4. The molecule has 0 radical (unpaired) electrons. The number of fused-ring (bicyclic) bond motifs is 2. The number of aromatic nitrogens is 1. The minimum Gasteiger partial charge on any atom is -0.370 e. The van der Waals surface area contributed by atoms with Gasteiger partial charge in [0.05, 0.1) is 12.0 Å². The van der Waals surface area contributed by atoms with E-state index in [1.807, 2.05) is 42.5 Å². The highest BCUT2D eigenvalue weighted by atomic mass is 19.1. The molecule has 2 unspecified atom stereocenters. The molecule has 0 fully saturated rings. The third-order valence-electron chi connectivity index (χ3n) is 7.39. The van der Waals surface area contributed by atoms with Crippen molar-refractivity contribution in [1.82, 2.24) is 20.9 Å². The molecule has 0 aliphatic rings. The summed E-state index contributed by atoms with van der Waals surface area (Å²) in [6.45, 7) is 0.149. The SMILES string of the molecule is NC(=O)CC(NC(=O)C(=O)c1c[nH]c2ccccc12)C(=O)NC(Cc1ccc(F)cc1)C(=O)NCc1cccc2ccccc12. The van der Waals surface area contributed by atoms with Crippen LogP contribution in [0.15, 0.2) is 97.2 Å². The van der Waals surface area contributed by atoms with Gasteiger partial charge in [0, 0.05) is 30.1 Å². The van der Waals surface area contributed by atoms with Crippen LogP contribution >= 0.6 is 0 Å². The molecule has 5 aromatic rings. The number of carbonyl (C=O) groups is 5. The molecule has 0 aliphatic heterocycles. The largest absolute Gasteiger partial charge is 0.370 e. The van der Waals surface area contributed by atoms with E-state index in [1.54, 1.807) is 24.3 Å². The van der Waals surface area contributed by atoms with Gasteiger partial charge < -0.3 is 26.7 Å². The quantitative estimate of drug-likeness (QED) is 0.109. The Hall–Kier alpha value is -5.84. The molecule has 0 saturated heterocycles. The number of carbonyl (C=O) groups excluding carboxylic acids is 5. The summed E-state index contributed by atoms with van der Waals surface area (Å²) in [4.78, 5) is 67.7. The van der Waals surface area contributed by atoms with Gasteiger partial charge in [0.15, 0.2) is 0 Å². The summed E-state index contributed by atoms with van der Waals surface area (Å²) >= 11 is 0. The number of rotatable bonds is 12. The Kier molecular flexibility index (Phi) is 9.28.